The molecule has 1 amide bonds. The Morgan fingerprint density at radius 1 is 1.00 bits per heavy atom. The average molecular weight is 313 g/mol. The second kappa shape index (κ2) is 9.64. The van der Waals surface area contributed by atoms with Crippen molar-refractivity contribution in [1.82, 2.24) is 5.32 Å². The van der Waals surface area contributed by atoms with Gasteiger partial charge in [-0.1, -0.05) is 42.5 Å². The maximum Gasteiger partial charge on any atom is 0.220 e. The number of nitrogens with one attached hydrogen (secondary N) is 1. The molecule has 4 nitrogen and oxygen atoms in total. The van der Waals surface area contributed by atoms with Gasteiger partial charge in [0.1, 0.15) is 5.75 Å². The van der Waals surface area contributed by atoms with Crippen LogP contribution >= 0.6 is 0 Å². The van der Waals surface area contributed by atoms with Crippen LogP contribution in [0, 0.1) is 0 Å². The smallest absolute Gasteiger partial charge is 0.220 e. The zero-order valence-corrected chi connectivity index (χ0v) is 13.5. The number of hydrogen-bond donors (Lipinski definition) is 1. The fourth-order valence-corrected chi connectivity index (χ4v) is 2.25. The van der Waals surface area contributed by atoms with Crippen LogP contribution in [0.5, 0.6) is 5.75 Å². The molecule has 0 heterocycles. The summed E-state index contributed by atoms with van der Waals surface area (Å²) in [6.45, 7) is 1.62. The van der Waals surface area contributed by atoms with Gasteiger partial charge in [-0.3, -0.25) is 4.79 Å². The molecule has 0 aliphatic rings. The summed E-state index contributed by atoms with van der Waals surface area (Å²) in [6, 6.07) is 17.6. The van der Waals surface area contributed by atoms with Crippen molar-refractivity contribution in [2.24, 2.45) is 0 Å². The summed E-state index contributed by atoms with van der Waals surface area (Å²) in [4.78, 5) is 11.9. The lowest BCUT2D eigenvalue weighted by Crippen LogP contribution is -2.23. The molecular formula is C19H23NO3. The number of para-hydroxylation sites is 1. The summed E-state index contributed by atoms with van der Waals surface area (Å²) < 4.78 is 10.7. The lowest BCUT2D eigenvalue weighted by Gasteiger charge is -2.10. The molecule has 2 aromatic rings. The van der Waals surface area contributed by atoms with Gasteiger partial charge in [0.05, 0.1) is 13.2 Å². The molecule has 0 saturated carbocycles. The van der Waals surface area contributed by atoms with Gasteiger partial charge in [0.15, 0.2) is 0 Å². The summed E-state index contributed by atoms with van der Waals surface area (Å²) in [5.41, 5.74) is 2.19. The van der Waals surface area contributed by atoms with Crippen LogP contribution in [0.3, 0.4) is 0 Å². The summed E-state index contributed by atoms with van der Waals surface area (Å²) in [5, 5.41) is 2.95. The van der Waals surface area contributed by atoms with E-state index in [1.807, 2.05) is 54.6 Å². The largest absolute Gasteiger partial charge is 0.494 e. The maximum absolute atomic E-state index is 11.9. The number of carbonyl (C=O) groups is 1. The Hall–Kier alpha value is -2.33. The molecule has 0 bridgehead atoms. The second-order valence-electron chi connectivity index (χ2n) is 5.24. The second-order valence-corrected chi connectivity index (χ2v) is 5.24. The van der Waals surface area contributed by atoms with Gasteiger partial charge in [-0.25, -0.2) is 0 Å². The van der Waals surface area contributed by atoms with E-state index in [0.717, 1.165) is 16.9 Å². The van der Waals surface area contributed by atoms with Crippen molar-refractivity contribution in [3.63, 3.8) is 0 Å². The molecule has 122 valence electrons. The van der Waals surface area contributed by atoms with E-state index in [-0.39, 0.29) is 5.91 Å². The molecule has 0 unspecified atom stereocenters. The molecule has 0 aliphatic heterocycles. The number of methoxy groups -OCH3 is 1. The third kappa shape index (κ3) is 6.12. The molecular weight excluding hydrogens is 290 g/mol. The van der Waals surface area contributed by atoms with E-state index in [9.17, 15) is 4.79 Å². The van der Waals surface area contributed by atoms with Crippen LogP contribution in [-0.2, 0) is 22.7 Å². The molecule has 0 aliphatic carbocycles. The number of hydrogen-bond acceptors (Lipinski definition) is 3. The van der Waals surface area contributed by atoms with Crippen molar-refractivity contribution >= 4 is 5.91 Å². The van der Waals surface area contributed by atoms with E-state index in [1.165, 1.54) is 0 Å². The summed E-state index contributed by atoms with van der Waals surface area (Å²) in [6.07, 6.45) is 1.15. The van der Waals surface area contributed by atoms with Gasteiger partial charge in [0, 0.05) is 20.1 Å². The van der Waals surface area contributed by atoms with Crippen LogP contribution in [0.25, 0.3) is 0 Å². The van der Waals surface area contributed by atoms with Crippen LogP contribution in [0.4, 0.5) is 0 Å². The molecule has 0 saturated heterocycles. The van der Waals surface area contributed by atoms with E-state index in [1.54, 1.807) is 7.11 Å². The van der Waals surface area contributed by atoms with E-state index in [2.05, 4.69) is 5.32 Å². The highest BCUT2D eigenvalue weighted by molar-refractivity contribution is 5.75. The Morgan fingerprint density at radius 2 is 1.70 bits per heavy atom. The highest BCUT2D eigenvalue weighted by Gasteiger charge is 2.05. The average Bonchev–Trinajstić information content (AvgIpc) is 2.59. The predicted octanol–water partition coefficient (Wildman–Crippen LogP) is 3.31. The minimum Gasteiger partial charge on any atom is -0.494 e. The molecule has 0 aromatic heterocycles. The lowest BCUT2D eigenvalue weighted by molar-refractivity contribution is -0.121. The van der Waals surface area contributed by atoms with Crippen molar-refractivity contribution in [2.45, 2.75) is 26.0 Å². The zero-order valence-electron chi connectivity index (χ0n) is 13.5. The third-order valence-electron chi connectivity index (χ3n) is 3.45. The standard InChI is InChI=1S/C19H23NO3/c1-22-15-17-9-6-5-8-16(17)14-20-19(21)12-7-13-23-18-10-3-2-4-11-18/h2-6,8-11H,7,12-15H2,1H3,(H,20,21). The number of benzene rings is 2. The van der Waals surface area contributed by atoms with Crippen LogP contribution < -0.4 is 10.1 Å². The first-order valence-corrected chi connectivity index (χ1v) is 7.80. The number of rotatable bonds is 9. The Labute approximate surface area is 137 Å². The Kier molecular flexibility index (Phi) is 7.14. The van der Waals surface area contributed by atoms with Crippen LogP contribution in [0.1, 0.15) is 24.0 Å². The van der Waals surface area contributed by atoms with Gasteiger partial charge in [0.2, 0.25) is 5.91 Å². The molecule has 2 rings (SSSR count). The van der Waals surface area contributed by atoms with Crippen molar-refractivity contribution < 1.29 is 14.3 Å². The quantitative estimate of drug-likeness (QED) is 0.723. The van der Waals surface area contributed by atoms with Gasteiger partial charge >= 0.3 is 0 Å². The van der Waals surface area contributed by atoms with Gasteiger partial charge in [-0.15, -0.1) is 0 Å². The van der Waals surface area contributed by atoms with E-state index < -0.39 is 0 Å². The molecule has 4 heteroatoms. The van der Waals surface area contributed by atoms with Crippen LogP contribution in [-0.4, -0.2) is 19.6 Å². The highest BCUT2D eigenvalue weighted by atomic mass is 16.5. The topological polar surface area (TPSA) is 47.6 Å². The monoisotopic (exact) mass is 313 g/mol. The van der Waals surface area contributed by atoms with Crippen LogP contribution in [0.15, 0.2) is 54.6 Å². The number of carbonyl (C=O) groups excluding carboxylic acids is 1. The van der Waals surface area contributed by atoms with Crippen molar-refractivity contribution in [3.8, 4) is 5.75 Å². The Bertz CT molecular complexity index is 599. The van der Waals surface area contributed by atoms with Gasteiger partial charge in [0.25, 0.3) is 0 Å². The number of amides is 1. The first-order valence-electron chi connectivity index (χ1n) is 7.80. The minimum atomic E-state index is 0.0360. The molecule has 0 radical (unpaired) electrons. The van der Waals surface area contributed by atoms with Gasteiger partial charge < -0.3 is 14.8 Å². The lowest BCUT2D eigenvalue weighted by atomic mass is 10.1. The van der Waals surface area contributed by atoms with Gasteiger partial charge in [-0.05, 0) is 29.7 Å². The van der Waals surface area contributed by atoms with E-state index >= 15 is 0 Å². The first-order chi connectivity index (χ1) is 11.3. The van der Waals surface area contributed by atoms with E-state index in [0.29, 0.717) is 32.6 Å². The highest BCUT2D eigenvalue weighted by Crippen LogP contribution is 2.10. The molecule has 0 spiro atoms. The van der Waals surface area contributed by atoms with Gasteiger partial charge in [-0.2, -0.15) is 0 Å². The fraction of sp³-hybridized carbons (Fsp3) is 0.316. The first kappa shape index (κ1) is 17.0. The maximum atomic E-state index is 11.9. The summed E-state index contributed by atoms with van der Waals surface area (Å²) >= 11 is 0. The summed E-state index contributed by atoms with van der Waals surface area (Å²) in [5.74, 6) is 0.871. The molecule has 2 aromatic carbocycles. The normalized spacial score (nSPS) is 10.3. The molecule has 0 atom stereocenters. The molecule has 0 fully saturated rings. The van der Waals surface area contributed by atoms with Crippen LogP contribution in [0.2, 0.25) is 0 Å². The zero-order chi connectivity index (χ0) is 16.3. The molecule has 1 N–H and O–H groups in total. The summed E-state index contributed by atoms with van der Waals surface area (Å²) in [7, 11) is 1.67. The Morgan fingerprint density at radius 3 is 2.43 bits per heavy atom. The van der Waals surface area contributed by atoms with Crippen molar-refractivity contribution in [1.29, 1.82) is 0 Å². The third-order valence-corrected chi connectivity index (χ3v) is 3.45. The predicted molar refractivity (Wildman–Crippen MR) is 90.2 cm³/mol. The Balaban J connectivity index is 1.67. The van der Waals surface area contributed by atoms with Crippen molar-refractivity contribution in [3.05, 3.63) is 65.7 Å². The fourth-order valence-electron chi connectivity index (χ4n) is 2.25. The van der Waals surface area contributed by atoms with Crippen molar-refractivity contribution in [2.75, 3.05) is 13.7 Å². The molecule has 23 heavy (non-hydrogen) atoms. The minimum absolute atomic E-state index is 0.0360. The van der Waals surface area contributed by atoms with E-state index in [4.69, 9.17) is 9.47 Å². The number of ether oxygens (including phenoxy) is 2. The SMILES string of the molecule is COCc1ccccc1CNC(=O)CCCOc1ccccc1.